The monoisotopic (exact) mass is 493 g/mol. The third kappa shape index (κ3) is 9.87. The molecule has 3 N–H and O–H groups in total. The average molecular weight is 493 g/mol. The van der Waals surface area contributed by atoms with E-state index in [9.17, 15) is 9.18 Å². The summed E-state index contributed by atoms with van der Waals surface area (Å²) in [6.07, 6.45) is 0.986. The molecule has 2 rings (SSSR count). The van der Waals surface area contributed by atoms with Gasteiger partial charge in [0.2, 0.25) is 5.91 Å². The van der Waals surface area contributed by atoms with Crippen LogP contribution in [0.3, 0.4) is 0 Å². The Labute approximate surface area is 177 Å². The molecular formula is C18H29FIN5O2. The lowest BCUT2D eigenvalue weighted by Gasteiger charge is -2.26. The summed E-state index contributed by atoms with van der Waals surface area (Å²) in [5.74, 6) is -0.0773. The highest BCUT2D eigenvalue weighted by molar-refractivity contribution is 14.0. The number of hydrogen-bond donors (Lipinski definition) is 3. The minimum atomic E-state index is -0.387. The molecule has 9 heteroatoms. The van der Waals surface area contributed by atoms with Crippen LogP contribution in [0.1, 0.15) is 13.3 Å². The second kappa shape index (κ2) is 13.7. The van der Waals surface area contributed by atoms with Crippen molar-refractivity contribution in [2.24, 2.45) is 4.99 Å². The van der Waals surface area contributed by atoms with E-state index in [2.05, 4.69) is 25.8 Å². The van der Waals surface area contributed by atoms with Gasteiger partial charge in [0.1, 0.15) is 12.4 Å². The Hall–Kier alpha value is -1.46. The first-order valence-electron chi connectivity index (χ1n) is 9.05. The van der Waals surface area contributed by atoms with Crippen molar-refractivity contribution >= 4 is 41.5 Å². The number of hydrogen-bond acceptors (Lipinski definition) is 4. The van der Waals surface area contributed by atoms with Gasteiger partial charge < -0.3 is 20.7 Å². The fourth-order valence-electron chi connectivity index (χ4n) is 2.59. The maximum absolute atomic E-state index is 13.1. The molecule has 0 unspecified atom stereocenters. The van der Waals surface area contributed by atoms with Gasteiger partial charge >= 0.3 is 0 Å². The number of morpholine rings is 1. The number of ether oxygens (including phenoxy) is 1. The van der Waals surface area contributed by atoms with Crippen LogP contribution in [0.15, 0.2) is 29.3 Å². The lowest BCUT2D eigenvalue weighted by Crippen LogP contribution is -2.41. The van der Waals surface area contributed by atoms with E-state index in [1.54, 1.807) is 12.1 Å². The van der Waals surface area contributed by atoms with Crippen LogP contribution in [-0.2, 0) is 9.53 Å². The number of nitrogens with one attached hydrogen (secondary N) is 3. The second-order valence-corrected chi connectivity index (χ2v) is 5.99. The molecule has 0 aliphatic carbocycles. The molecule has 1 heterocycles. The van der Waals surface area contributed by atoms with Crippen LogP contribution in [0.25, 0.3) is 0 Å². The van der Waals surface area contributed by atoms with Crippen LogP contribution in [0.4, 0.5) is 10.1 Å². The third-order valence-corrected chi connectivity index (χ3v) is 3.88. The minimum absolute atomic E-state index is 0. The molecule has 1 aliphatic rings. The smallest absolute Gasteiger partial charge is 0.246 e. The Bertz CT molecular complexity index is 597. The standard InChI is InChI=1S/C18H28FN5O2.HI/c1-2-20-18(21-7-4-8-24-9-11-26-12-10-24)22-14-17(25)23-16-6-3-5-15(19)13-16;/h3,5-6,13H,2,4,7-12,14H2,1H3,(H,23,25)(H2,20,21,22);1H. The molecule has 1 aromatic rings. The van der Waals surface area contributed by atoms with Crippen molar-refractivity contribution in [1.29, 1.82) is 0 Å². The number of amides is 1. The molecule has 1 saturated heterocycles. The molecular weight excluding hydrogens is 464 g/mol. The van der Waals surface area contributed by atoms with Gasteiger partial charge in [0.15, 0.2) is 5.96 Å². The Morgan fingerprint density at radius 1 is 1.30 bits per heavy atom. The number of anilines is 1. The average Bonchev–Trinajstić information content (AvgIpc) is 2.64. The number of aliphatic imine (C=N–C) groups is 1. The second-order valence-electron chi connectivity index (χ2n) is 5.99. The fourth-order valence-corrected chi connectivity index (χ4v) is 2.59. The van der Waals surface area contributed by atoms with Crippen molar-refractivity contribution in [2.45, 2.75) is 13.3 Å². The first kappa shape index (κ1) is 23.6. The molecule has 1 aliphatic heterocycles. The number of carbonyl (C=O) groups is 1. The van der Waals surface area contributed by atoms with Crippen LogP contribution in [0.2, 0.25) is 0 Å². The molecule has 0 aromatic heterocycles. The van der Waals surface area contributed by atoms with E-state index in [4.69, 9.17) is 4.74 Å². The van der Waals surface area contributed by atoms with Gasteiger partial charge in [-0.15, -0.1) is 24.0 Å². The van der Waals surface area contributed by atoms with Gasteiger partial charge in [0, 0.05) is 31.9 Å². The third-order valence-electron chi connectivity index (χ3n) is 3.88. The van der Waals surface area contributed by atoms with Gasteiger partial charge in [-0.05, 0) is 38.1 Å². The zero-order valence-corrected chi connectivity index (χ0v) is 18.0. The quantitative estimate of drug-likeness (QED) is 0.222. The molecule has 27 heavy (non-hydrogen) atoms. The summed E-state index contributed by atoms with van der Waals surface area (Å²) in [7, 11) is 0. The lowest BCUT2D eigenvalue weighted by atomic mass is 10.3. The van der Waals surface area contributed by atoms with E-state index in [0.717, 1.165) is 45.8 Å². The van der Waals surface area contributed by atoms with E-state index in [1.165, 1.54) is 12.1 Å². The topological polar surface area (TPSA) is 78.0 Å². The zero-order valence-electron chi connectivity index (χ0n) is 15.7. The molecule has 0 radical (unpaired) electrons. The van der Waals surface area contributed by atoms with Crippen LogP contribution in [-0.4, -0.2) is 69.2 Å². The largest absolute Gasteiger partial charge is 0.379 e. The lowest BCUT2D eigenvalue weighted by molar-refractivity contribution is -0.114. The van der Waals surface area contributed by atoms with Crippen molar-refractivity contribution in [2.75, 3.05) is 57.8 Å². The van der Waals surface area contributed by atoms with Crippen LogP contribution >= 0.6 is 24.0 Å². The molecule has 7 nitrogen and oxygen atoms in total. The van der Waals surface area contributed by atoms with E-state index >= 15 is 0 Å². The predicted molar refractivity (Wildman–Crippen MR) is 116 cm³/mol. The highest BCUT2D eigenvalue weighted by Crippen LogP contribution is 2.08. The zero-order chi connectivity index (χ0) is 18.6. The number of halogens is 2. The van der Waals surface area contributed by atoms with Gasteiger partial charge in [-0.2, -0.15) is 0 Å². The van der Waals surface area contributed by atoms with Crippen molar-refractivity contribution < 1.29 is 13.9 Å². The maximum atomic E-state index is 13.1. The van der Waals surface area contributed by atoms with Crippen molar-refractivity contribution in [1.82, 2.24) is 15.5 Å². The Morgan fingerprint density at radius 3 is 2.78 bits per heavy atom. The van der Waals surface area contributed by atoms with E-state index in [0.29, 0.717) is 18.2 Å². The molecule has 1 fully saturated rings. The maximum Gasteiger partial charge on any atom is 0.246 e. The van der Waals surface area contributed by atoms with Crippen molar-refractivity contribution in [3.63, 3.8) is 0 Å². The Morgan fingerprint density at radius 2 is 2.07 bits per heavy atom. The van der Waals surface area contributed by atoms with Crippen molar-refractivity contribution in [3.05, 3.63) is 30.1 Å². The fraction of sp³-hybridized carbons (Fsp3) is 0.556. The molecule has 0 bridgehead atoms. The normalized spacial score (nSPS) is 15.0. The summed E-state index contributed by atoms with van der Waals surface area (Å²) >= 11 is 0. The molecule has 152 valence electrons. The number of guanidine groups is 1. The van der Waals surface area contributed by atoms with E-state index in [-0.39, 0.29) is 42.2 Å². The minimum Gasteiger partial charge on any atom is -0.379 e. The van der Waals surface area contributed by atoms with Crippen LogP contribution in [0, 0.1) is 5.82 Å². The van der Waals surface area contributed by atoms with Gasteiger partial charge in [0.05, 0.1) is 13.2 Å². The molecule has 0 saturated carbocycles. The van der Waals surface area contributed by atoms with Gasteiger partial charge in [-0.3, -0.25) is 9.69 Å². The molecule has 0 spiro atoms. The van der Waals surface area contributed by atoms with Crippen LogP contribution < -0.4 is 16.0 Å². The SMILES string of the molecule is CCNC(=NCC(=O)Nc1cccc(F)c1)NCCCN1CCOCC1.I. The number of benzene rings is 1. The van der Waals surface area contributed by atoms with Crippen molar-refractivity contribution in [3.8, 4) is 0 Å². The first-order chi connectivity index (χ1) is 12.7. The highest BCUT2D eigenvalue weighted by Gasteiger charge is 2.09. The van der Waals surface area contributed by atoms with Gasteiger partial charge in [-0.25, -0.2) is 9.38 Å². The molecule has 0 atom stereocenters. The first-order valence-corrected chi connectivity index (χ1v) is 9.05. The number of carbonyl (C=O) groups excluding carboxylic acids is 1. The molecule has 1 aromatic carbocycles. The Balaban J connectivity index is 0.00000364. The summed E-state index contributed by atoms with van der Waals surface area (Å²) in [5.41, 5.74) is 0.425. The number of nitrogens with zero attached hydrogens (tertiary/aromatic N) is 2. The van der Waals surface area contributed by atoms with Gasteiger partial charge in [-0.1, -0.05) is 6.07 Å². The van der Waals surface area contributed by atoms with E-state index in [1.807, 2.05) is 6.92 Å². The summed E-state index contributed by atoms with van der Waals surface area (Å²) in [4.78, 5) is 18.6. The summed E-state index contributed by atoms with van der Waals surface area (Å²) < 4.78 is 18.5. The Kier molecular flexibility index (Phi) is 11.9. The number of rotatable bonds is 8. The van der Waals surface area contributed by atoms with Gasteiger partial charge in [0.25, 0.3) is 0 Å². The van der Waals surface area contributed by atoms with E-state index < -0.39 is 0 Å². The predicted octanol–water partition coefficient (Wildman–Crippen LogP) is 1.66. The summed E-state index contributed by atoms with van der Waals surface area (Å²) in [6.45, 7) is 8.00. The highest BCUT2D eigenvalue weighted by atomic mass is 127. The summed E-state index contributed by atoms with van der Waals surface area (Å²) in [6, 6.07) is 5.79. The summed E-state index contributed by atoms with van der Waals surface area (Å²) in [5, 5.41) is 8.97. The molecule has 1 amide bonds. The van der Waals surface area contributed by atoms with Crippen LogP contribution in [0.5, 0.6) is 0 Å².